The summed E-state index contributed by atoms with van der Waals surface area (Å²) >= 11 is 0. The number of fused-ring (bicyclic) bond motifs is 1. The number of carbonyl (C=O) groups excluding carboxylic acids is 1. The van der Waals surface area contributed by atoms with Crippen LogP contribution < -0.4 is 5.73 Å². The lowest BCUT2D eigenvalue weighted by Gasteiger charge is -2.40. The van der Waals surface area contributed by atoms with Gasteiger partial charge in [-0.25, -0.2) is 0 Å². The second kappa shape index (κ2) is 5.68. The molecule has 0 atom stereocenters. The molecule has 21 heavy (non-hydrogen) atoms. The zero-order valence-electron chi connectivity index (χ0n) is 12.5. The lowest BCUT2D eigenvalue weighted by Crippen LogP contribution is -2.50. The van der Waals surface area contributed by atoms with E-state index in [1.165, 1.54) is 12.0 Å². The highest BCUT2D eigenvalue weighted by Gasteiger charge is 2.41. The molecule has 1 aliphatic heterocycles. The first kappa shape index (κ1) is 14.4. The number of rotatable bonds is 2. The van der Waals surface area contributed by atoms with Crippen LogP contribution in [0.3, 0.4) is 0 Å². The number of carbonyl (C=O) groups is 1. The summed E-state index contributed by atoms with van der Waals surface area (Å²) in [6.45, 7) is 1.82. The summed E-state index contributed by atoms with van der Waals surface area (Å²) in [6.07, 6.45) is 6.13. The molecule has 1 fully saturated rings. The number of nitrogens with zero attached hydrogens (tertiary/aromatic N) is 1. The number of hydrogen-bond acceptors (Lipinski definition) is 3. The Morgan fingerprint density at radius 2 is 2.00 bits per heavy atom. The number of hydrogen-bond donors (Lipinski definition) is 2. The Kier molecular flexibility index (Phi) is 3.89. The molecule has 3 N–H and O–H groups in total. The fourth-order valence-electron chi connectivity index (χ4n) is 3.79. The van der Waals surface area contributed by atoms with Crippen LogP contribution in [0.15, 0.2) is 18.2 Å². The van der Waals surface area contributed by atoms with Crippen molar-refractivity contribution in [1.82, 2.24) is 4.90 Å². The van der Waals surface area contributed by atoms with Crippen molar-refractivity contribution < 1.29 is 9.90 Å². The van der Waals surface area contributed by atoms with Gasteiger partial charge in [-0.3, -0.25) is 4.79 Å². The average molecular weight is 288 g/mol. The number of nitrogens with two attached hydrogens (primary N) is 1. The molecule has 4 nitrogen and oxygen atoms in total. The van der Waals surface area contributed by atoms with Crippen LogP contribution in [0.4, 0.5) is 0 Å². The lowest BCUT2D eigenvalue weighted by molar-refractivity contribution is -0.144. The van der Waals surface area contributed by atoms with Crippen LogP contribution in [0.1, 0.15) is 43.2 Å². The number of benzene rings is 1. The monoisotopic (exact) mass is 288 g/mol. The first-order chi connectivity index (χ1) is 10.1. The van der Waals surface area contributed by atoms with Gasteiger partial charge in [0.1, 0.15) is 5.75 Å². The van der Waals surface area contributed by atoms with Crippen molar-refractivity contribution in [3.63, 3.8) is 0 Å². The van der Waals surface area contributed by atoms with Gasteiger partial charge in [-0.05, 0) is 42.5 Å². The van der Waals surface area contributed by atoms with Gasteiger partial charge in [0.2, 0.25) is 5.91 Å². The third-order valence-corrected chi connectivity index (χ3v) is 5.14. The molecule has 1 heterocycles. The lowest BCUT2D eigenvalue weighted by atomic mass is 9.72. The summed E-state index contributed by atoms with van der Waals surface area (Å²) in [5.41, 5.74) is 7.94. The molecule has 1 amide bonds. The Hall–Kier alpha value is -1.55. The van der Waals surface area contributed by atoms with Gasteiger partial charge in [0, 0.05) is 19.6 Å². The highest BCUT2D eigenvalue weighted by atomic mass is 16.3. The Morgan fingerprint density at radius 1 is 1.24 bits per heavy atom. The summed E-state index contributed by atoms with van der Waals surface area (Å²) in [5.74, 6) is 0.493. The minimum atomic E-state index is -0.341. The van der Waals surface area contributed by atoms with Gasteiger partial charge < -0.3 is 15.7 Å². The molecule has 0 aromatic heterocycles. The van der Waals surface area contributed by atoms with Crippen LogP contribution in [0, 0.1) is 5.41 Å². The van der Waals surface area contributed by atoms with E-state index >= 15 is 0 Å². The van der Waals surface area contributed by atoms with E-state index in [1.807, 2.05) is 11.0 Å². The van der Waals surface area contributed by atoms with E-state index in [0.29, 0.717) is 13.1 Å². The van der Waals surface area contributed by atoms with Crippen molar-refractivity contribution in [2.75, 3.05) is 13.1 Å². The Morgan fingerprint density at radius 3 is 2.71 bits per heavy atom. The molecule has 1 aliphatic carbocycles. The smallest absolute Gasteiger partial charge is 0.230 e. The van der Waals surface area contributed by atoms with Crippen LogP contribution in [0.25, 0.3) is 0 Å². The van der Waals surface area contributed by atoms with E-state index in [0.717, 1.165) is 44.2 Å². The largest absolute Gasteiger partial charge is 0.508 e. The molecule has 114 valence electrons. The van der Waals surface area contributed by atoms with Gasteiger partial charge >= 0.3 is 0 Å². The predicted molar refractivity (Wildman–Crippen MR) is 81.8 cm³/mol. The fraction of sp³-hybridized carbons (Fsp3) is 0.588. The van der Waals surface area contributed by atoms with Gasteiger partial charge in [-0.1, -0.05) is 25.3 Å². The van der Waals surface area contributed by atoms with Crippen molar-refractivity contribution in [1.29, 1.82) is 0 Å². The van der Waals surface area contributed by atoms with E-state index in [-0.39, 0.29) is 17.1 Å². The van der Waals surface area contributed by atoms with E-state index in [4.69, 9.17) is 5.73 Å². The maximum absolute atomic E-state index is 13.0. The molecule has 0 unspecified atom stereocenters. The van der Waals surface area contributed by atoms with Crippen molar-refractivity contribution in [3.05, 3.63) is 29.3 Å². The van der Waals surface area contributed by atoms with Crippen molar-refractivity contribution in [2.45, 2.75) is 45.1 Å². The Labute approximate surface area is 125 Å². The second-order valence-electron chi connectivity index (χ2n) is 6.47. The van der Waals surface area contributed by atoms with E-state index < -0.39 is 0 Å². The van der Waals surface area contributed by atoms with Crippen LogP contribution in [-0.4, -0.2) is 29.0 Å². The normalized spacial score (nSPS) is 20.9. The molecular weight excluding hydrogens is 264 g/mol. The topological polar surface area (TPSA) is 66.6 Å². The van der Waals surface area contributed by atoms with Gasteiger partial charge in [0.05, 0.1) is 5.41 Å². The minimum absolute atomic E-state index is 0.221. The molecule has 0 spiro atoms. The Balaban J connectivity index is 1.80. The SMILES string of the molecule is NCC1(C(=O)N2CCc3ccc(O)cc3C2)CCCCC1. The molecular formula is C17H24N2O2. The fourth-order valence-corrected chi connectivity index (χ4v) is 3.79. The molecule has 4 heteroatoms. The first-order valence-electron chi connectivity index (χ1n) is 7.95. The average Bonchev–Trinajstić information content (AvgIpc) is 2.54. The zero-order valence-corrected chi connectivity index (χ0v) is 12.5. The summed E-state index contributed by atoms with van der Waals surface area (Å²) in [4.78, 5) is 14.9. The third kappa shape index (κ3) is 2.64. The molecule has 3 rings (SSSR count). The van der Waals surface area contributed by atoms with E-state index in [2.05, 4.69) is 0 Å². The van der Waals surface area contributed by atoms with Gasteiger partial charge in [-0.15, -0.1) is 0 Å². The first-order valence-corrected chi connectivity index (χ1v) is 7.95. The maximum atomic E-state index is 13.0. The third-order valence-electron chi connectivity index (χ3n) is 5.14. The summed E-state index contributed by atoms with van der Waals surface area (Å²) in [7, 11) is 0. The quantitative estimate of drug-likeness (QED) is 0.876. The highest BCUT2D eigenvalue weighted by molar-refractivity contribution is 5.83. The molecule has 0 bridgehead atoms. The molecule has 1 aromatic rings. The predicted octanol–water partition coefficient (Wildman–Crippen LogP) is 2.19. The minimum Gasteiger partial charge on any atom is -0.508 e. The zero-order chi connectivity index (χ0) is 14.9. The second-order valence-corrected chi connectivity index (χ2v) is 6.47. The van der Waals surface area contributed by atoms with Gasteiger partial charge in [-0.2, -0.15) is 0 Å². The number of aromatic hydroxyl groups is 1. The van der Waals surface area contributed by atoms with Crippen LogP contribution in [0.2, 0.25) is 0 Å². The van der Waals surface area contributed by atoms with Crippen molar-refractivity contribution >= 4 is 5.91 Å². The van der Waals surface area contributed by atoms with Gasteiger partial charge in [0.25, 0.3) is 0 Å². The van der Waals surface area contributed by atoms with Gasteiger partial charge in [0.15, 0.2) is 0 Å². The van der Waals surface area contributed by atoms with Crippen molar-refractivity contribution in [2.24, 2.45) is 11.1 Å². The molecule has 2 aliphatic rings. The van der Waals surface area contributed by atoms with E-state index in [9.17, 15) is 9.90 Å². The number of amides is 1. The summed E-state index contributed by atoms with van der Waals surface area (Å²) in [5, 5.41) is 9.64. The molecule has 0 saturated heterocycles. The van der Waals surface area contributed by atoms with Crippen LogP contribution in [0.5, 0.6) is 5.75 Å². The van der Waals surface area contributed by atoms with Crippen LogP contribution in [-0.2, 0) is 17.8 Å². The van der Waals surface area contributed by atoms with Crippen LogP contribution >= 0.6 is 0 Å². The summed E-state index contributed by atoms with van der Waals surface area (Å²) in [6, 6.07) is 5.47. The number of phenolic OH excluding ortho intramolecular Hbond substituents is 1. The highest BCUT2D eigenvalue weighted by Crippen LogP contribution is 2.38. The molecule has 1 saturated carbocycles. The summed E-state index contributed by atoms with van der Waals surface area (Å²) < 4.78 is 0. The Bertz CT molecular complexity index is 536. The number of phenols is 1. The van der Waals surface area contributed by atoms with Crippen molar-refractivity contribution in [3.8, 4) is 5.75 Å². The molecule has 1 aromatic carbocycles. The van der Waals surface area contributed by atoms with E-state index in [1.54, 1.807) is 12.1 Å². The maximum Gasteiger partial charge on any atom is 0.230 e. The molecule has 0 radical (unpaired) electrons. The standard InChI is InChI=1S/C17H24N2O2/c18-12-17(7-2-1-3-8-17)16(21)19-9-6-13-4-5-15(20)10-14(13)11-19/h4-5,10,20H,1-3,6-9,11-12,18H2.